The van der Waals surface area contributed by atoms with Crippen molar-refractivity contribution in [3.8, 4) is 0 Å². The SMILES string of the molecule is O=C(Cn1cc(C(F)(F)F)cc(Cl)c1=O)N1CCC(c2nc(C3=NOC(c4cccc(C(F)(F)F)c4)C3)cs2)CC1. The molecule has 4 heterocycles. The average Bonchev–Trinajstić information content (AvgIpc) is 3.61. The Kier molecular flexibility index (Phi) is 7.90. The van der Waals surface area contributed by atoms with Gasteiger partial charge in [-0.25, -0.2) is 4.98 Å². The third kappa shape index (κ3) is 6.43. The number of amides is 1. The molecule has 218 valence electrons. The molecule has 2 aliphatic heterocycles. The molecular formula is C26H21ClF6N4O3S. The van der Waals surface area contributed by atoms with Gasteiger partial charge in [-0.1, -0.05) is 28.9 Å². The average molecular weight is 619 g/mol. The minimum atomic E-state index is -4.72. The van der Waals surface area contributed by atoms with Crippen LogP contribution in [0.5, 0.6) is 0 Å². The number of pyridine rings is 1. The Morgan fingerprint density at radius 1 is 1.07 bits per heavy atom. The summed E-state index contributed by atoms with van der Waals surface area (Å²) in [6, 6.07) is 5.45. The van der Waals surface area contributed by atoms with Gasteiger partial charge in [0.2, 0.25) is 5.91 Å². The number of benzene rings is 1. The third-order valence-corrected chi connectivity index (χ3v) is 8.22. The van der Waals surface area contributed by atoms with Gasteiger partial charge in [0.05, 0.1) is 21.8 Å². The highest BCUT2D eigenvalue weighted by Gasteiger charge is 2.34. The van der Waals surface area contributed by atoms with Crippen molar-refractivity contribution < 1.29 is 36.0 Å². The fourth-order valence-corrected chi connectivity index (χ4v) is 5.95. The van der Waals surface area contributed by atoms with Crippen molar-refractivity contribution in [1.82, 2.24) is 14.5 Å². The first kappa shape index (κ1) is 29.1. The number of rotatable bonds is 5. The second kappa shape index (κ2) is 11.1. The lowest BCUT2D eigenvalue weighted by Crippen LogP contribution is -2.41. The number of halogens is 7. The van der Waals surface area contributed by atoms with Gasteiger partial charge >= 0.3 is 12.4 Å². The van der Waals surface area contributed by atoms with Crippen molar-refractivity contribution in [2.75, 3.05) is 13.1 Å². The molecule has 0 saturated carbocycles. The minimum Gasteiger partial charge on any atom is -0.387 e. The predicted molar refractivity (Wildman–Crippen MR) is 138 cm³/mol. The Hall–Kier alpha value is -3.39. The molecule has 3 aromatic rings. The second-order valence-electron chi connectivity index (χ2n) is 9.69. The highest BCUT2D eigenvalue weighted by molar-refractivity contribution is 7.10. The van der Waals surface area contributed by atoms with Crippen molar-refractivity contribution in [3.05, 3.63) is 84.7 Å². The molecule has 1 unspecified atom stereocenters. The summed E-state index contributed by atoms with van der Waals surface area (Å²) < 4.78 is 79.2. The summed E-state index contributed by atoms with van der Waals surface area (Å²) in [5.74, 6) is -0.482. The molecule has 7 nitrogen and oxygen atoms in total. The van der Waals surface area contributed by atoms with E-state index in [0.717, 1.165) is 17.1 Å². The molecule has 0 radical (unpaired) electrons. The number of thiazole rings is 1. The molecule has 1 aromatic carbocycles. The van der Waals surface area contributed by atoms with E-state index in [4.69, 9.17) is 16.4 Å². The first-order valence-electron chi connectivity index (χ1n) is 12.4. The Bertz CT molecular complexity index is 1540. The Balaban J connectivity index is 1.18. The van der Waals surface area contributed by atoms with E-state index in [0.29, 0.717) is 59.7 Å². The van der Waals surface area contributed by atoms with Gasteiger partial charge in [-0.3, -0.25) is 9.59 Å². The monoisotopic (exact) mass is 618 g/mol. The van der Waals surface area contributed by atoms with E-state index in [9.17, 15) is 35.9 Å². The molecule has 2 aromatic heterocycles. The van der Waals surface area contributed by atoms with Crippen LogP contribution in [-0.4, -0.2) is 39.2 Å². The lowest BCUT2D eigenvalue weighted by Gasteiger charge is -2.31. The zero-order valence-corrected chi connectivity index (χ0v) is 22.6. The van der Waals surface area contributed by atoms with Gasteiger partial charge in [0.15, 0.2) is 6.10 Å². The molecular weight excluding hydrogens is 598 g/mol. The number of hydrogen-bond acceptors (Lipinski definition) is 6. The summed E-state index contributed by atoms with van der Waals surface area (Å²) in [4.78, 5) is 36.5. The molecule has 0 N–H and O–H groups in total. The summed E-state index contributed by atoms with van der Waals surface area (Å²) in [5.41, 5.74) is -1.32. The molecule has 0 bridgehead atoms. The number of carbonyl (C=O) groups excluding carboxylic acids is 1. The molecule has 0 spiro atoms. The van der Waals surface area contributed by atoms with E-state index < -0.39 is 52.6 Å². The highest BCUT2D eigenvalue weighted by atomic mass is 35.5. The fourth-order valence-electron chi connectivity index (χ4n) is 4.72. The number of hydrogen-bond donors (Lipinski definition) is 0. The zero-order valence-electron chi connectivity index (χ0n) is 21.0. The van der Waals surface area contributed by atoms with Crippen LogP contribution >= 0.6 is 22.9 Å². The lowest BCUT2D eigenvalue weighted by atomic mass is 9.97. The standard InChI is InChI=1S/C26H21ClF6N4O3S/c27-18-9-17(26(31,32)33)11-37(24(18)39)12-22(38)36-6-4-14(5-7-36)23-34-20(13-41-23)19-10-21(40-35-19)15-2-1-3-16(8-15)25(28,29)30/h1-3,8-9,11,13-14,21H,4-7,10,12H2. The Morgan fingerprint density at radius 3 is 2.46 bits per heavy atom. The molecule has 41 heavy (non-hydrogen) atoms. The number of piperidine rings is 1. The van der Waals surface area contributed by atoms with Crippen LogP contribution in [0.25, 0.3) is 0 Å². The van der Waals surface area contributed by atoms with Gasteiger partial charge in [-0.2, -0.15) is 26.3 Å². The maximum absolute atomic E-state index is 13.1. The van der Waals surface area contributed by atoms with Gasteiger partial charge in [-0.05, 0) is 36.6 Å². The maximum Gasteiger partial charge on any atom is 0.417 e. The number of nitrogens with zero attached hydrogens (tertiary/aromatic N) is 4. The number of carbonyl (C=O) groups is 1. The van der Waals surface area contributed by atoms with Crippen molar-refractivity contribution in [2.45, 2.75) is 50.2 Å². The zero-order chi connectivity index (χ0) is 29.5. The second-order valence-corrected chi connectivity index (χ2v) is 11.0. The molecule has 1 amide bonds. The topological polar surface area (TPSA) is 76.8 Å². The van der Waals surface area contributed by atoms with Gasteiger partial charge in [0.25, 0.3) is 5.56 Å². The van der Waals surface area contributed by atoms with Crippen LogP contribution in [0.1, 0.15) is 58.7 Å². The van der Waals surface area contributed by atoms with Crippen LogP contribution in [0, 0.1) is 0 Å². The van der Waals surface area contributed by atoms with Crippen molar-refractivity contribution >= 4 is 34.6 Å². The molecule has 1 atom stereocenters. The summed E-state index contributed by atoms with van der Waals surface area (Å²) in [6.07, 6.45) is -7.90. The summed E-state index contributed by atoms with van der Waals surface area (Å²) in [6.45, 7) is 0.0739. The molecule has 1 fully saturated rings. The van der Waals surface area contributed by atoms with Crippen LogP contribution in [-0.2, 0) is 28.5 Å². The minimum absolute atomic E-state index is 0.0192. The maximum atomic E-state index is 13.1. The van der Waals surface area contributed by atoms with Gasteiger partial charge in [0, 0.05) is 37.0 Å². The molecule has 0 aliphatic carbocycles. The van der Waals surface area contributed by atoms with Crippen LogP contribution in [0.2, 0.25) is 5.02 Å². The Morgan fingerprint density at radius 2 is 1.78 bits per heavy atom. The van der Waals surface area contributed by atoms with Gasteiger partial charge < -0.3 is 14.3 Å². The van der Waals surface area contributed by atoms with Gasteiger partial charge in [-0.15, -0.1) is 11.3 Å². The normalized spacial score (nSPS) is 18.4. The molecule has 5 rings (SSSR count). The predicted octanol–water partition coefficient (Wildman–Crippen LogP) is 6.27. The van der Waals surface area contributed by atoms with E-state index in [-0.39, 0.29) is 12.3 Å². The van der Waals surface area contributed by atoms with E-state index in [1.165, 1.54) is 22.3 Å². The van der Waals surface area contributed by atoms with Gasteiger partial charge in [0.1, 0.15) is 17.3 Å². The first-order chi connectivity index (χ1) is 19.3. The number of likely N-dealkylation sites (tertiary alicyclic amines) is 1. The quantitative estimate of drug-likeness (QED) is 0.316. The third-order valence-electron chi connectivity index (χ3n) is 6.94. The first-order valence-corrected chi connectivity index (χ1v) is 13.7. The van der Waals surface area contributed by atoms with E-state index >= 15 is 0 Å². The summed E-state index contributed by atoms with van der Waals surface area (Å²) in [7, 11) is 0. The number of aromatic nitrogens is 2. The van der Waals surface area contributed by atoms with Crippen molar-refractivity contribution in [3.63, 3.8) is 0 Å². The van der Waals surface area contributed by atoms with E-state index in [1.54, 1.807) is 11.4 Å². The van der Waals surface area contributed by atoms with E-state index in [2.05, 4.69) is 10.1 Å². The smallest absolute Gasteiger partial charge is 0.387 e. The molecule has 15 heteroatoms. The van der Waals surface area contributed by atoms with Crippen molar-refractivity contribution in [2.24, 2.45) is 5.16 Å². The summed E-state index contributed by atoms with van der Waals surface area (Å²) in [5, 5.41) is 6.02. The highest BCUT2D eigenvalue weighted by Crippen LogP contribution is 2.36. The van der Waals surface area contributed by atoms with Crippen molar-refractivity contribution in [1.29, 1.82) is 0 Å². The van der Waals surface area contributed by atoms with Crippen LogP contribution in [0.15, 0.2) is 51.9 Å². The lowest BCUT2D eigenvalue weighted by molar-refractivity contribution is -0.139. The van der Waals surface area contributed by atoms with Crippen LogP contribution in [0.4, 0.5) is 26.3 Å². The van der Waals surface area contributed by atoms with Crippen LogP contribution in [0.3, 0.4) is 0 Å². The fraction of sp³-hybridized carbons (Fsp3) is 0.385. The van der Waals surface area contributed by atoms with E-state index in [1.807, 2.05) is 0 Å². The number of oxime groups is 1. The molecule has 2 aliphatic rings. The largest absolute Gasteiger partial charge is 0.417 e. The number of alkyl halides is 6. The van der Waals surface area contributed by atoms with Crippen LogP contribution < -0.4 is 5.56 Å². The molecule has 1 saturated heterocycles. The summed E-state index contributed by atoms with van der Waals surface area (Å²) >= 11 is 7.07. The Labute approximate surface area is 238 Å².